The Balaban J connectivity index is 1.01. The first-order valence-corrected chi connectivity index (χ1v) is 14.8. The number of benzene rings is 2. The quantitative estimate of drug-likeness (QED) is 0.245. The van der Waals surface area contributed by atoms with Crippen molar-refractivity contribution in [2.45, 2.75) is 51.6 Å². The number of hydrogen-bond acceptors (Lipinski definition) is 6. The first kappa shape index (κ1) is 29.6. The third-order valence-corrected chi connectivity index (χ3v) is 7.17. The van der Waals surface area contributed by atoms with Crippen LogP contribution < -0.4 is 20.1 Å². The normalized spacial score (nSPS) is 15.9. The van der Waals surface area contributed by atoms with Crippen LogP contribution in [-0.2, 0) is 22.7 Å². The highest BCUT2D eigenvalue weighted by atomic mass is 16.5. The topological polar surface area (TPSA) is 83.1 Å². The number of likely N-dealkylation sites (tertiary alicyclic amines) is 2. The highest BCUT2D eigenvalue weighted by Crippen LogP contribution is 2.19. The highest BCUT2D eigenvalue weighted by molar-refractivity contribution is 5.96. The van der Waals surface area contributed by atoms with E-state index in [1.807, 2.05) is 24.3 Å². The van der Waals surface area contributed by atoms with Gasteiger partial charge in [0.05, 0.1) is 13.2 Å². The third-order valence-electron chi connectivity index (χ3n) is 7.17. The lowest BCUT2D eigenvalue weighted by molar-refractivity contribution is -0.118. The van der Waals surface area contributed by atoms with Gasteiger partial charge in [0.2, 0.25) is 11.8 Å². The first-order chi connectivity index (χ1) is 19.6. The molecule has 0 bridgehead atoms. The summed E-state index contributed by atoms with van der Waals surface area (Å²) in [6.07, 6.45) is 9.03. The molecule has 2 aromatic carbocycles. The van der Waals surface area contributed by atoms with Crippen molar-refractivity contribution in [3.05, 3.63) is 71.8 Å². The van der Waals surface area contributed by atoms with E-state index in [1.54, 1.807) is 0 Å². The minimum Gasteiger partial charge on any atom is -0.494 e. The van der Waals surface area contributed by atoms with Gasteiger partial charge in [0.1, 0.15) is 11.5 Å². The molecule has 2 fully saturated rings. The number of amides is 2. The average Bonchev–Trinajstić information content (AvgIpc) is 3.67. The Morgan fingerprint density at radius 3 is 1.52 bits per heavy atom. The summed E-state index contributed by atoms with van der Waals surface area (Å²) in [6.45, 7) is 8.61. The Morgan fingerprint density at radius 1 is 0.675 bits per heavy atom. The van der Waals surface area contributed by atoms with Gasteiger partial charge in [0, 0.05) is 38.3 Å². The standard InChI is InChI=1S/C32H44N4O4/c37-31(33-15-7-21-39-29-11-5-9-27(23-29)25-35-17-1-2-18-35)13-14-32(38)34-16-8-22-40-30-12-6-10-28(24-30)26-36-19-3-4-20-36/h5-6,9-14,23-24H,1-4,7-8,15-22,25-26H2,(H,33,37)(H,34,38). The molecule has 0 saturated carbocycles. The fraction of sp³-hybridized carbons (Fsp3) is 0.500. The number of nitrogens with one attached hydrogen (secondary N) is 2. The van der Waals surface area contributed by atoms with Crippen molar-refractivity contribution < 1.29 is 19.1 Å². The third kappa shape index (κ3) is 11.0. The fourth-order valence-electron chi connectivity index (χ4n) is 5.08. The maximum atomic E-state index is 12.0. The van der Waals surface area contributed by atoms with Gasteiger partial charge in [0.25, 0.3) is 0 Å². The van der Waals surface area contributed by atoms with Gasteiger partial charge in [-0.1, -0.05) is 24.3 Å². The summed E-state index contributed by atoms with van der Waals surface area (Å²) in [5, 5.41) is 5.58. The van der Waals surface area contributed by atoms with E-state index in [4.69, 9.17) is 9.47 Å². The van der Waals surface area contributed by atoms with Crippen LogP contribution in [0.3, 0.4) is 0 Å². The van der Waals surface area contributed by atoms with Crippen LogP contribution in [0, 0.1) is 0 Å². The summed E-state index contributed by atoms with van der Waals surface area (Å²) >= 11 is 0. The van der Waals surface area contributed by atoms with Crippen LogP contribution in [0.15, 0.2) is 60.7 Å². The van der Waals surface area contributed by atoms with Gasteiger partial charge >= 0.3 is 0 Å². The lowest BCUT2D eigenvalue weighted by Crippen LogP contribution is -2.26. The molecule has 2 aromatic rings. The van der Waals surface area contributed by atoms with Crippen LogP contribution in [0.2, 0.25) is 0 Å². The van der Waals surface area contributed by atoms with Crippen molar-refractivity contribution in [3.8, 4) is 11.5 Å². The molecule has 2 N–H and O–H groups in total. The summed E-state index contributed by atoms with van der Waals surface area (Å²) in [4.78, 5) is 29.0. The molecule has 2 aliphatic heterocycles. The molecule has 0 aliphatic carbocycles. The van der Waals surface area contributed by atoms with Gasteiger partial charge in [-0.25, -0.2) is 0 Å². The average molecular weight is 549 g/mol. The van der Waals surface area contributed by atoms with E-state index in [9.17, 15) is 9.59 Å². The minimum atomic E-state index is -0.292. The molecule has 0 atom stereocenters. The lowest BCUT2D eigenvalue weighted by atomic mass is 10.2. The molecule has 0 spiro atoms. The van der Waals surface area contributed by atoms with Gasteiger partial charge in [-0.05, 0) is 100 Å². The summed E-state index contributed by atoms with van der Waals surface area (Å²) in [5.41, 5.74) is 2.53. The first-order valence-electron chi connectivity index (χ1n) is 14.8. The van der Waals surface area contributed by atoms with Gasteiger partial charge < -0.3 is 20.1 Å². The van der Waals surface area contributed by atoms with Crippen molar-refractivity contribution in [3.63, 3.8) is 0 Å². The SMILES string of the molecule is O=C(C=CC(=O)NCCCOc1cccc(CN2CCCC2)c1)NCCCOc1cccc(CN2CCCC2)c1. The van der Waals surface area contributed by atoms with Crippen molar-refractivity contribution in [1.82, 2.24) is 20.4 Å². The molecule has 2 heterocycles. The van der Waals surface area contributed by atoms with Crippen LogP contribution in [0.1, 0.15) is 49.7 Å². The molecule has 216 valence electrons. The van der Waals surface area contributed by atoms with E-state index in [0.29, 0.717) is 39.1 Å². The number of carbonyl (C=O) groups is 2. The predicted octanol–water partition coefficient (Wildman–Crippen LogP) is 3.90. The van der Waals surface area contributed by atoms with Crippen LogP contribution in [0.5, 0.6) is 11.5 Å². The van der Waals surface area contributed by atoms with Gasteiger partial charge in [0.15, 0.2) is 0 Å². The van der Waals surface area contributed by atoms with Crippen molar-refractivity contribution >= 4 is 11.8 Å². The minimum absolute atomic E-state index is 0.292. The molecular weight excluding hydrogens is 504 g/mol. The second-order valence-corrected chi connectivity index (χ2v) is 10.6. The molecule has 0 radical (unpaired) electrons. The van der Waals surface area contributed by atoms with Crippen molar-refractivity contribution in [2.24, 2.45) is 0 Å². The van der Waals surface area contributed by atoms with E-state index in [1.165, 1.54) is 75.1 Å². The second-order valence-electron chi connectivity index (χ2n) is 10.6. The Bertz CT molecular complexity index is 1010. The summed E-state index contributed by atoms with van der Waals surface area (Å²) in [6, 6.07) is 16.5. The zero-order chi connectivity index (χ0) is 27.8. The number of hydrogen-bond donors (Lipinski definition) is 2. The second kappa shape index (κ2) is 16.7. The molecule has 8 heteroatoms. The Hall–Kier alpha value is -3.36. The van der Waals surface area contributed by atoms with Gasteiger partial charge in [-0.2, -0.15) is 0 Å². The molecule has 0 unspecified atom stereocenters. The predicted molar refractivity (Wildman–Crippen MR) is 157 cm³/mol. The molecule has 0 aromatic heterocycles. The summed E-state index contributed by atoms with van der Waals surface area (Å²) in [7, 11) is 0. The van der Waals surface area contributed by atoms with Crippen LogP contribution in [0.25, 0.3) is 0 Å². The number of ether oxygens (including phenoxy) is 2. The Morgan fingerprint density at radius 2 is 1.10 bits per heavy atom. The lowest BCUT2D eigenvalue weighted by Gasteiger charge is -2.15. The summed E-state index contributed by atoms with van der Waals surface area (Å²) in [5.74, 6) is 1.13. The van der Waals surface area contributed by atoms with E-state index in [0.717, 1.165) is 24.6 Å². The Kier molecular flexibility index (Phi) is 12.3. The fourth-order valence-corrected chi connectivity index (χ4v) is 5.08. The van der Waals surface area contributed by atoms with E-state index >= 15 is 0 Å². The number of carbonyl (C=O) groups excluding carboxylic acids is 2. The molecule has 2 saturated heterocycles. The summed E-state index contributed by atoms with van der Waals surface area (Å²) < 4.78 is 11.7. The van der Waals surface area contributed by atoms with Crippen LogP contribution >= 0.6 is 0 Å². The van der Waals surface area contributed by atoms with Crippen LogP contribution in [0.4, 0.5) is 0 Å². The van der Waals surface area contributed by atoms with Crippen molar-refractivity contribution in [1.29, 1.82) is 0 Å². The number of rotatable bonds is 16. The monoisotopic (exact) mass is 548 g/mol. The molecule has 8 nitrogen and oxygen atoms in total. The smallest absolute Gasteiger partial charge is 0.244 e. The number of nitrogens with zero attached hydrogens (tertiary/aromatic N) is 2. The maximum absolute atomic E-state index is 12.0. The van der Waals surface area contributed by atoms with E-state index < -0.39 is 0 Å². The highest BCUT2D eigenvalue weighted by Gasteiger charge is 2.13. The zero-order valence-electron chi connectivity index (χ0n) is 23.6. The molecule has 2 aliphatic rings. The van der Waals surface area contributed by atoms with Crippen molar-refractivity contribution in [2.75, 3.05) is 52.5 Å². The largest absolute Gasteiger partial charge is 0.494 e. The van der Waals surface area contributed by atoms with Gasteiger partial charge in [-0.15, -0.1) is 0 Å². The zero-order valence-corrected chi connectivity index (χ0v) is 23.6. The van der Waals surface area contributed by atoms with E-state index in [2.05, 4.69) is 44.7 Å². The molecule has 2 amide bonds. The van der Waals surface area contributed by atoms with E-state index in [-0.39, 0.29) is 11.8 Å². The molecule has 4 rings (SSSR count). The molecular formula is C32H44N4O4. The van der Waals surface area contributed by atoms with Crippen LogP contribution in [-0.4, -0.2) is 74.1 Å². The molecule has 40 heavy (non-hydrogen) atoms. The van der Waals surface area contributed by atoms with Gasteiger partial charge in [-0.3, -0.25) is 19.4 Å². The Labute approximate surface area is 238 Å². The maximum Gasteiger partial charge on any atom is 0.244 e.